The number of hydrogen-bond donors (Lipinski definition) is 0. The number of alkyl halides is 3. The highest BCUT2D eigenvalue weighted by Crippen LogP contribution is 2.35. The van der Waals surface area contributed by atoms with E-state index in [1.165, 1.54) is 16.7 Å². The first-order valence-electron chi connectivity index (χ1n) is 7.97. The minimum atomic E-state index is -4.33. The molecule has 0 bridgehead atoms. The predicted molar refractivity (Wildman–Crippen MR) is 82.2 cm³/mol. The Kier molecular flexibility index (Phi) is 4.58. The monoisotopic (exact) mass is 339 g/mol. The van der Waals surface area contributed by atoms with Gasteiger partial charge < -0.3 is 0 Å². The first-order valence-corrected chi connectivity index (χ1v) is 7.97. The van der Waals surface area contributed by atoms with Crippen molar-refractivity contribution in [3.63, 3.8) is 0 Å². The summed E-state index contributed by atoms with van der Waals surface area (Å²) in [6.07, 6.45) is -2.33. The largest absolute Gasteiger partial charge is 0.408 e. The van der Waals surface area contributed by atoms with E-state index in [4.69, 9.17) is 0 Å². The van der Waals surface area contributed by atoms with Gasteiger partial charge in [-0.25, -0.2) is 4.68 Å². The molecule has 0 radical (unpaired) electrons. The summed E-state index contributed by atoms with van der Waals surface area (Å²) in [5, 5.41) is 10.7. The van der Waals surface area contributed by atoms with Gasteiger partial charge in [0.05, 0.1) is 6.54 Å². The Bertz CT molecular complexity index is 710. The van der Waals surface area contributed by atoms with Crippen LogP contribution >= 0.6 is 0 Å². The number of aryl methyl sites for hydroxylation is 1. The summed E-state index contributed by atoms with van der Waals surface area (Å²) in [5.74, 6) is 0.254. The molecule has 2 aromatic rings. The molecule has 0 spiro atoms. The van der Waals surface area contributed by atoms with Crippen molar-refractivity contribution in [1.82, 2.24) is 25.1 Å². The average molecular weight is 339 g/mol. The second kappa shape index (κ2) is 6.51. The van der Waals surface area contributed by atoms with Gasteiger partial charge in [-0.15, -0.1) is 5.10 Å². The minimum Gasteiger partial charge on any atom is -0.289 e. The van der Waals surface area contributed by atoms with E-state index in [1.54, 1.807) is 0 Å². The molecule has 130 valence electrons. The lowest BCUT2D eigenvalue weighted by atomic mass is 9.96. The number of halogens is 3. The Morgan fingerprint density at radius 2 is 2.04 bits per heavy atom. The van der Waals surface area contributed by atoms with Crippen LogP contribution in [0.25, 0.3) is 0 Å². The topological polar surface area (TPSA) is 46.8 Å². The van der Waals surface area contributed by atoms with Gasteiger partial charge in [-0.05, 0) is 60.4 Å². The van der Waals surface area contributed by atoms with Gasteiger partial charge in [0.1, 0.15) is 6.54 Å². The van der Waals surface area contributed by atoms with Crippen LogP contribution in [-0.4, -0.2) is 37.8 Å². The lowest BCUT2D eigenvalue weighted by Crippen LogP contribution is -2.27. The third-order valence-electron chi connectivity index (χ3n) is 4.65. The van der Waals surface area contributed by atoms with Crippen LogP contribution < -0.4 is 0 Å². The zero-order valence-corrected chi connectivity index (χ0v) is 13.7. The Morgan fingerprint density at radius 1 is 1.25 bits per heavy atom. The number of rotatable bonds is 4. The van der Waals surface area contributed by atoms with Crippen molar-refractivity contribution in [1.29, 1.82) is 0 Å². The van der Waals surface area contributed by atoms with Crippen molar-refractivity contribution in [3.8, 4) is 0 Å². The summed E-state index contributed by atoms with van der Waals surface area (Å²) in [6.45, 7) is 4.16. The fraction of sp³-hybridized carbons (Fsp3) is 0.562. The van der Waals surface area contributed by atoms with Crippen LogP contribution in [0, 0.1) is 13.8 Å². The van der Waals surface area contributed by atoms with Crippen LogP contribution in [0.5, 0.6) is 0 Å². The zero-order valence-electron chi connectivity index (χ0n) is 13.7. The molecule has 1 aliphatic heterocycles. The van der Waals surface area contributed by atoms with Crippen LogP contribution in [0.4, 0.5) is 13.2 Å². The lowest BCUT2D eigenvalue weighted by Gasteiger charge is -2.26. The minimum absolute atomic E-state index is 0.195. The van der Waals surface area contributed by atoms with E-state index >= 15 is 0 Å². The summed E-state index contributed by atoms with van der Waals surface area (Å²) in [6, 6.07) is 6.40. The van der Waals surface area contributed by atoms with Gasteiger partial charge in [0.25, 0.3) is 0 Å². The van der Waals surface area contributed by atoms with E-state index in [-0.39, 0.29) is 11.9 Å². The molecule has 5 nitrogen and oxygen atoms in total. The summed E-state index contributed by atoms with van der Waals surface area (Å²) in [5.41, 5.74) is 3.70. The molecule has 0 aliphatic carbocycles. The summed E-state index contributed by atoms with van der Waals surface area (Å²) < 4.78 is 38.7. The Hall–Kier alpha value is -1.96. The SMILES string of the molecule is Cc1cccc(C2CCCN2Cc2nnnn2CC(F)(F)F)c1C. The van der Waals surface area contributed by atoms with Gasteiger partial charge in [0.2, 0.25) is 0 Å². The molecule has 0 N–H and O–H groups in total. The van der Waals surface area contributed by atoms with Crippen molar-refractivity contribution >= 4 is 0 Å². The fourth-order valence-electron chi connectivity index (χ4n) is 3.31. The molecule has 0 amide bonds. The lowest BCUT2D eigenvalue weighted by molar-refractivity contribution is -0.143. The Morgan fingerprint density at radius 3 is 2.79 bits per heavy atom. The number of hydrogen-bond acceptors (Lipinski definition) is 4. The molecular weight excluding hydrogens is 319 g/mol. The average Bonchev–Trinajstić information content (AvgIpc) is 3.11. The molecule has 2 heterocycles. The van der Waals surface area contributed by atoms with Crippen molar-refractivity contribution in [2.45, 2.75) is 52.0 Å². The Balaban J connectivity index is 1.80. The van der Waals surface area contributed by atoms with Gasteiger partial charge in [-0.2, -0.15) is 13.2 Å². The highest BCUT2D eigenvalue weighted by Gasteiger charge is 2.32. The third kappa shape index (κ3) is 3.58. The molecular formula is C16H20F3N5. The van der Waals surface area contributed by atoms with E-state index in [0.29, 0.717) is 6.54 Å². The van der Waals surface area contributed by atoms with E-state index in [1.807, 2.05) is 6.07 Å². The van der Waals surface area contributed by atoms with Crippen LogP contribution in [0.15, 0.2) is 18.2 Å². The predicted octanol–water partition coefficient (Wildman–Crippen LogP) is 3.19. The van der Waals surface area contributed by atoms with Crippen molar-refractivity contribution < 1.29 is 13.2 Å². The molecule has 1 atom stereocenters. The normalized spacial score (nSPS) is 19.1. The molecule has 8 heteroatoms. The molecule has 0 saturated carbocycles. The zero-order chi connectivity index (χ0) is 17.3. The maximum atomic E-state index is 12.6. The standard InChI is InChI=1S/C16H20F3N5/c1-11-5-3-6-13(12(11)2)14-7-4-8-23(14)9-15-20-21-22-24(15)10-16(17,18)19/h3,5-6,14H,4,7-10H2,1-2H3. The molecule has 1 aromatic heterocycles. The van der Waals surface area contributed by atoms with Crippen molar-refractivity contribution in [3.05, 3.63) is 40.7 Å². The number of benzene rings is 1. The fourth-order valence-corrected chi connectivity index (χ4v) is 3.31. The van der Waals surface area contributed by atoms with E-state index in [0.717, 1.165) is 24.1 Å². The third-order valence-corrected chi connectivity index (χ3v) is 4.65. The van der Waals surface area contributed by atoms with Crippen LogP contribution in [-0.2, 0) is 13.1 Å². The second-order valence-electron chi connectivity index (χ2n) is 6.29. The summed E-state index contributed by atoms with van der Waals surface area (Å²) in [7, 11) is 0. The molecule has 1 aromatic carbocycles. The van der Waals surface area contributed by atoms with Crippen LogP contribution in [0.3, 0.4) is 0 Å². The van der Waals surface area contributed by atoms with Gasteiger partial charge in [0, 0.05) is 6.04 Å². The highest BCUT2D eigenvalue weighted by molar-refractivity contribution is 5.35. The molecule has 3 rings (SSSR count). The maximum absolute atomic E-state index is 12.6. The van der Waals surface area contributed by atoms with Gasteiger partial charge in [-0.1, -0.05) is 18.2 Å². The number of tetrazole rings is 1. The summed E-state index contributed by atoms with van der Waals surface area (Å²) >= 11 is 0. The van der Waals surface area contributed by atoms with Crippen molar-refractivity contribution in [2.24, 2.45) is 0 Å². The smallest absolute Gasteiger partial charge is 0.289 e. The quantitative estimate of drug-likeness (QED) is 0.858. The summed E-state index contributed by atoms with van der Waals surface area (Å²) in [4.78, 5) is 2.17. The van der Waals surface area contributed by atoms with Gasteiger partial charge in [-0.3, -0.25) is 4.90 Å². The highest BCUT2D eigenvalue weighted by atomic mass is 19.4. The van der Waals surface area contributed by atoms with Gasteiger partial charge >= 0.3 is 6.18 Å². The number of likely N-dealkylation sites (tertiary alicyclic amines) is 1. The van der Waals surface area contributed by atoms with Gasteiger partial charge in [0.15, 0.2) is 5.82 Å². The molecule has 24 heavy (non-hydrogen) atoms. The number of aromatic nitrogens is 4. The van der Waals surface area contributed by atoms with Crippen LogP contribution in [0.1, 0.15) is 41.4 Å². The molecule has 1 fully saturated rings. The molecule has 1 saturated heterocycles. The van der Waals surface area contributed by atoms with E-state index in [9.17, 15) is 13.2 Å². The second-order valence-corrected chi connectivity index (χ2v) is 6.29. The van der Waals surface area contributed by atoms with E-state index < -0.39 is 12.7 Å². The number of nitrogens with zero attached hydrogens (tertiary/aromatic N) is 5. The first kappa shape index (κ1) is 16.9. The molecule has 1 unspecified atom stereocenters. The van der Waals surface area contributed by atoms with Crippen molar-refractivity contribution in [2.75, 3.05) is 6.54 Å². The maximum Gasteiger partial charge on any atom is 0.408 e. The molecule has 1 aliphatic rings. The Labute approximate surface area is 138 Å². The first-order chi connectivity index (χ1) is 11.3. The van der Waals surface area contributed by atoms with Crippen LogP contribution in [0.2, 0.25) is 0 Å². The van der Waals surface area contributed by atoms with E-state index in [2.05, 4.69) is 46.4 Å².